The lowest BCUT2D eigenvalue weighted by molar-refractivity contribution is -0.173. The second kappa shape index (κ2) is 9.81. The lowest BCUT2D eigenvalue weighted by atomic mass is 10.1. The number of benzene rings is 2. The molecule has 0 unspecified atom stereocenters. The van der Waals surface area contributed by atoms with Crippen molar-refractivity contribution in [3.8, 4) is 5.69 Å². The lowest BCUT2D eigenvalue weighted by Crippen LogP contribution is -2.42. The Morgan fingerprint density at radius 2 is 1.69 bits per heavy atom. The molecule has 0 aliphatic rings. The van der Waals surface area contributed by atoms with E-state index in [2.05, 4.69) is 10.4 Å². The molecule has 204 valence electrons. The summed E-state index contributed by atoms with van der Waals surface area (Å²) >= 11 is 0. The molecule has 0 aliphatic heterocycles. The van der Waals surface area contributed by atoms with Gasteiger partial charge >= 0.3 is 29.4 Å². The molecule has 2 heterocycles. The van der Waals surface area contributed by atoms with Crippen molar-refractivity contribution in [1.82, 2.24) is 19.5 Å². The predicted molar refractivity (Wildman–Crippen MR) is 126 cm³/mol. The summed E-state index contributed by atoms with van der Waals surface area (Å²) in [7, 11) is 0. The van der Waals surface area contributed by atoms with E-state index >= 15 is 0 Å². The molecule has 0 atom stereocenters. The van der Waals surface area contributed by atoms with Crippen molar-refractivity contribution in [3.63, 3.8) is 0 Å². The third-order valence-electron chi connectivity index (χ3n) is 5.65. The SMILES string of the molecule is Cc1ccccc1C(=O)Nn1c(=O)c(=O)[nH]c2cc(C(F)(F)F)c(-n3ccc(CNC(=O)C(F)(F)F)c3)cc21. The van der Waals surface area contributed by atoms with E-state index in [4.69, 9.17) is 0 Å². The van der Waals surface area contributed by atoms with Crippen LogP contribution in [-0.2, 0) is 17.5 Å². The van der Waals surface area contributed by atoms with E-state index in [1.54, 1.807) is 30.4 Å². The zero-order chi connectivity index (χ0) is 28.7. The smallest absolute Gasteiger partial charge is 0.344 e. The second-order valence-electron chi connectivity index (χ2n) is 8.34. The number of aromatic amines is 1. The van der Waals surface area contributed by atoms with Crippen LogP contribution in [-0.4, -0.2) is 32.2 Å². The number of amides is 2. The van der Waals surface area contributed by atoms with E-state index in [0.29, 0.717) is 16.3 Å². The number of hydrogen-bond acceptors (Lipinski definition) is 4. The van der Waals surface area contributed by atoms with E-state index in [9.17, 15) is 45.5 Å². The monoisotopic (exact) mass is 553 g/mol. The minimum atomic E-state index is -5.15. The molecule has 39 heavy (non-hydrogen) atoms. The van der Waals surface area contributed by atoms with E-state index in [1.807, 2.05) is 0 Å². The normalized spacial score (nSPS) is 12.0. The summed E-state index contributed by atoms with van der Waals surface area (Å²) in [6.45, 7) is 0.979. The minimum Gasteiger partial charge on any atom is -0.344 e. The summed E-state index contributed by atoms with van der Waals surface area (Å²) < 4.78 is 80.7. The number of H-pyrrole nitrogens is 1. The van der Waals surface area contributed by atoms with Crippen LogP contribution in [0.5, 0.6) is 0 Å². The topological polar surface area (TPSA) is 118 Å². The van der Waals surface area contributed by atoms with Gasteiger partial charge in [0, 0.05) is 24.5 Å². The van der Waals surface area contributed by atoms with Crippen LogP contribution in [0.4, 0.5) is 26.3 Å². The third kappa shape index (κ3) is 5.56. The number of halogens is 6. The summed E-state index contributed by atoms with van der Waals surface area (Å²) in [6, 6.07) is 8.89. The van der Waals surface area contributed by atoms with Crippen molar-refractivity contribution < 1.29 is 35.9 Å². The maximum absolute atomic E-state index is 14.0. The van der Waals surface area contributed by atoms with Crippen molar-refractivity contribution in [2.75, 3.05) is 5.43 Å². The number of alkyl halides is 6. The highest BCUT2D eigenvalue weighted by Crippen LogP contribution is 2.36. The third-order valence-corrected chi connectivity index (χ3v) is 5.65. The van der Waals surface area contributed by atoms with Crippen LogP contribution in [0.15, 0.2) is 64.4 Å². The fraction of sp³-hybridized carbons (Fsp3) is 0.167. The van der Waals surface area contributed by atoms with Crippen LogP contribution < -0.4 is 21.9 Å². The summed E-state index contributed by atoms with van der Waals surface area (Å²) in [5, 5.41) is 1.61. The average Bonchev–Trinajstić information content (AvgIpc) is 3.32. The number of carbonyl (C=O) groups excluding carboxylic acids is 2. The van der Waals surface area contributed by atoms with Gasteiger partial charge < -0.3 is 14.9 Å². The van der Waals surface area contributed by atoms with Crippen LogP contribution in [0.1, 0.15) is 27.0 Å². The van der Waals surface area contributed by atoms with Gasteiger partial charge in [-0.1, -0.05) is 18.2 Å². The molecule has 2 aromatic carbocycles. The highest BCUT2D eigenvalue weighted by atomic mass is 19.4. The van der Waals surface area contributed by atoms with Gasteiger partial charge in [0.2, 0.25) is 0 Å². The quantitative estimate of drug-likeness (QED) is 0.260. The highest BCUT2D eigenvalue weighted by molar-refractivity contribution is 6.01. The van der Waals surface area contributed by atoms with Crippen LogP contribution in [0.25, 0.3) is 16.7 Å². The first-order chi connectivity index (χ1) is 18.2. The number of nitrogens with one attached hydrogen (secondary N) is 3. The Kier molecular flexibility index (Phi) is 6.85. The zero-order valence-electron chi connectivity index (χ0n) is 19.7. The van der Waals surface area contributed by atoms with Crippen molar-refractivity contribution in [3.05, 3.63) is 97.8 Å². The molecule has 3 N–H and O–H groups in total. The lowest BCUT2D eigenvalue weighted by Gasteiger charge is -2.18. The molecule has 2 amide bonds. The minimum absolute atomic E-state index is 0.0348. The number of aromatic nitrogens is 3. The van der Waals surface area contributed by atoms with E-state index in [-0.39, 0.29) is 16.6 Å². The molecule has 0 spiro atoms. The first-order valence-electron chi connectivity index (χ1n) is 11.0. The molecule has 0 bridgehead atoms. The molecule has 15 heteroatoms. The highest BCUT2D eigenvalue weighted by Gasteiger charge is 2.38. The molecule has 0 saturated carbocycles. The molecule has 2 aromatic heterocycles. The van der Waals surface area contributed by atoms with Gasteiger partial charge in [-0.3, -0.25) is 24.6 Å². The number of nitrogens with zero attached hydrogens (tertiary/aromatic N) is 2. The van der Waals surface area contributed by atoms with Crippen molar-refractivity contribution in [2.45, 2.75) is 25.8 Å². The first kappa shape index (κ1) is 27.2. The Morgan fingerprint density at radius 3 is 2.33 bits per heavy atom. The second-order valence-corrected chi connectivity index (χ2v) is 8.34. The van der Waals surface area contributed by atoms with Crippen molar-refractivity contribution >= 4 is 22.8 Å². The first-order valence-corrected chi connectivity index (χ1v) is 11.0. The largest absolute Gasteiger partial charge is 0.471 e. The molecule has 0 aliphatic carbocycles. The Hall–Kier alpha value is -4.82. The van der Waals surface area contributed by atoms with Gasteiger partial charge in [-0.2, -0.15) is 26.3 Å². The molecule has 0 fully saturated rings. The molecule has 0 saturated heterocycles. The van der Waals surface area contributed by atoms with Gasteiger partial charge in [0.15, 0.2) is 0 Å². The summed E-state index contributed by atoms with van der Waals surface area (Å²) in [5.41, 5.74) is -2.20. The summed E-state index contributed by atoms with van der Waals surface area (Å²) in [6.07, 6.45) is -7.97. The zero-order valence-corrected chi connectivity index (χ0v) is 19.7. The maximum atomic E-state index is 14.0. The molecule has 9 nitrogen and oxygen atoms in total. The number of hydrogen-bond donors (Lipinski definition) is 3. The van der Waals surface area contributed by atoms with Gasteiger partial charge in [-0.25, -0.2) is 4.68 Å². The van der Waals surface area contributed by atoms with Crippen LogP contribution >= 0.6 is 0 Å². The molecule has 0 radical (unpaired) electrons. The summed E-state index contributed by atoms with van der Waals surface area (Å²) in [5.74, 6) is -3.04. The van der Waals surface area contributed by atoms with E-state index in [1.165, 1.54) is 12.1 Å². The molecule has 4 rings (SSSR count). The Morgan fingerprint density at radius 1 is 1.00 bits per heavy atom. The summed E-state index contributed by atoms with van der Waals surface area (Å²) in [4.78, 5) is 50.8. The van der Waals surface area contributed by atoms with Crippen molar-refractivity contribution in [2.24, 2.45) is 0 Å². The van der Waals surface area contributed by atoms with Gasteiger partial charge in [-0.15, -0.1) is 0 Å². The molecule has 4 aromatic rings. The van der Waals surface area contributed by atoms with Crippen LogP contribution in [0, 0.1) is 6.92 Å². The standard InChI is InChI=1S/C24H17F6N5O4/c1-12-4-2-3-5-14(12)19(36)33-35-18-9-17(15(23(25,26)27)8-16(18)32-20(37)21(35)38)34-7-6-13(11-34)10-31-22(39)24(28,29)30/h2-9,11H,10H2,1H3,(H,31,39)(H,32,37)(H,33,36). The van der Waals surface area contributed by atoms with Crippen LogP contribution in [0.2, 0.25) is 0 Å². The Bertz CT molecular complexity index is 1720. The fourth-order valence-corrected chi connectivity index (χ4v) is 3.77. The predicted octanol–water partition coefficient (Wildman–Crippen LogP) is 3.37. The van der Waals surface area contributed by atoms with Gasteiger partial charge in [0.25, 0.3) is 5.91 Å². The molecular formula is C24H17F6N5O4. The van der Waals surface area contributed by atoms with Gasteiger partial charge in [-0.05, 0) is 42.3 Å². The number of aryl methyl sites for hydroxylation is 1. The Balaban J connectivity index is 1.83. The van der Waals surface area contributed by atoms with Crippen LogP contribution in [0.3, 0.4) is 0 Å². The Labute approximate surface area is 213 Å². The van der Waals surface area contributed by atoms with E-state index in [0.717, 1.165) is 23.0 Å². The average molecular weight is 553 g/mol. The maximum Gasteiger partial charge on any atom is 0.471 e. The number of rotatable bonds is 5. The van der Waals surface area contributed by atoms with Gasteiger partial charge in [0.1, 0.15) is 0 Å². The fourth-order valence-electron chi connectivity index (χ4n) is 3.77. The van der Waals surface area contributed by atoms with Gasteiger partial charge in [0.05, 0.1) is 22.3 Å². The van der Waals surface area contributed by atoms with Crippen molar-refractivity contribution in [1.29, 1.82) is 0 Å². The van der Waals surface area contributed by atoms with E-state index < -0.39 is 58.6 Å². The number of carbonyl (C=O) groups is 2. The molecular weight excluding hydrogens is 536 g/mol. The number of fused-ring (bicyclic) bond motifs is 1.